The van der Waals surface area contributed by atoms with E-state index in [-0.39, 0.29) is 6.61 Å². The van der Waals surface area contributed by atoms with Crippen molar-refractivity contribution in [3.8, 4) is 17.2 Å². The van der Waals surface area contributed by atoms with Crippen LogP contribution in [0.4, 0.5) is 0 Å². The maximum Gasteiger partial charge on any atom is 0.277 e. The minimum Gasteiger partial charge on any atom is -0.484 e. The lowest BCUT2D eigenvalue weighted by molar-refractivity contribution is 0.252. The number of aromatic nitrogens is 4. The molecule has 0 saturated carbocycles. The van der Waals surface area contributed by atoms with Gasteiger partial charge < -0.3 is 13.7 Å². The Morgan fingerprint density at radius 1 is 1.15 bits per heavy atom. The van der Waals surface area contributed by atoms with Crippen LogP contribution in [0.25, 0.3) is 11.5 Å². The zero-order chi connectivity index (χ0) is 17.8. The number of hydrogen-bond donors (Lipinski definition) is 0. The van der Waals surface area contributed by atoms with Crippen LogP contribution in [0.5, 0.6) is 5.75 Å². The zero-order valence-corrected chi connectivity index (χ0v) is 15.6. The molecule has 4 rings (SSSR count). The topological polar surface area (TPSA) is 87.1 Å². The summed E-state index contributed by atoms with van der Waals surface area (Å²) >= 11 is 8.74. The van der Waals surface area contributed by atoms with Gasteiger partial charge in [-0.2, -0.15) is 16.3 Å². The number of halogens is 1. The number of thioether (sulfide) groups is 1. The van der Waals surface area contributed by atoms with E-state index in [1.807, 2.05) is 16.8 Å². The van der Waals surface area contributed by atoms with Crippen molar-refractivity contribution in [2.24, 2.45) is 0 Å². The maximum atomic E-state index is 5.83. The summed E-state index contributed by atoms with van der Waals surface area (Å²) in [5, 5.41) is 16.9. The van der Waals surface area contributed by atoms with Gasteiger partial charge in [0, 0.05) is 10.4 Å². The van der Waals surface area contributed by atoms with Crippen molar-refractivity contribution < 1.29 is 13.7 Å². The second-order valence-electron chi connectivity index (χ2n) is 5.02. The Kier molecular flexibility index (Phi) is 5.19. The summed E-state index contributed by atoms with van der Waals surface area (Å²) in [4.78, 5) is 4.34. The van der Waals surface area contributed by atoms with E-state index >= 15 is 0 Å². The van der Waals surface area contributed by atoms with Crippen LogP contribution >= 0.6 is 34.7 Å². The van der Waals surface area contributed by atoms with Crippen LogP contribution in [-0.2, 0) is 12.4 Å². The molecular formula is C16H11ClN4O3S2. The molecule has 0 fully saturated rings. The first-order chi connectivity index (χ1) is 12.8. The number of nitrogens with zero attached hydrogens (tertiary/aromatic N) is 4. The quantitative estimate of drug-likeness (QED) is 0.408. The van der Waals surface area contributed by atoms with Crippen molar-refractivity contribution in [3.63, 3.8) is 0 Å². The van der Waals surface area contributed by atoms with Crippen molar-refractivity contribution in [2.45, 2.75) is 17.6 Å². The zero-order valence-electron chi connectivity index (χ0n) is 13.2. The van der Waals surface area contributed by atoms with Crippen LogP contribution in [0.15, 0.2) is 55.3 Å². The number of hydrogen-bond acceptors (Lipinski definition) is 9. The molecule has 4 aromatic rings. The summed E-state index contributed by atoms with van der Waals surface area (Å²) in [7, 11) is 0. The fourth-order valence-corrected chi connectivity index (χ4v) is 3.35. The van der Waals surface area contributed by atoms with Crippen molar-refractivity contribution in [1.29, 1.82) is 0 Å². The smallest absolute Gasteiger partial charge is 0.277 e. The summed E-state index contributed by atoms with van der Waals surface area (Å²) in [5.74, 6) is 2.59. The Labute approximate surface area is 161 Å². The highest BCUT2D eigenvalue weighted by Gasteiger charge is 2.12. The van der Waals surface area contributed by atoms with Crippen LogP contribution in [0.3, 0.4) is 0 Å². The van der Waals surface area contributed by atoms with Crippen LogP contribution < -0.4 is 4.74 Å². The Hall–Kier alpha value is -2.36. The van der Waals surface area contributed by atoms with Crippen LogP contribution in [0.1, 0.15) is 11.7 Å². The Morgan fingerprint density at radius 2 is 2.04 bits per heavy atom. The summed E-state index contributed by atoms with van der Waals surface area (Å²) in [6.45, 7) is 0.180. The molecule has 3 aromatic heterocycles. The second kappa shape index (κ2) is 7.90. The fraction of sp³-hybridized carbons (Fsp3) is 0.125. The molecule has 0 unspecified atom stereocenters. The molecule has 10 heteroatoms. The van der Waals surface area contributed by atoms with E-state index in [4.69, 9.17) is 25.3 Å². The molecule has 0 amide bonds. The van der Waals surface area contributed by atoms with E-state index in [0.717, 1.165) is 5.56 Å². The van der Waals surface area contributed by atoms with Crippen molar-refractivity contribution in [1.82, 2.24) is 20.3 Å². The van der Waals surface area contributed by atoms with E-state index in [2.05, 4.69) is 20.3 Å². The van der Waals surface area contributed by atoms with Gasteiger partial charge in [0.1, 0.15) is 5.75 Å². The monoisotopic (exact) mass is 406 g/mol. The molecule has 0 aliphatic rings. The fourth-order valence-electron chi connectivity index (χ4n) is 1.97. The largest absolute Gasteiger partial charge is 0.484 e. The van der Waals surface area contributed by atoms with E-state index in [9.17, 15) is 0 Å². The highest BCUT2D eigenvalue weighted by Crippen LogP contribution is 2.24. The van der Waals surface area contributed by atoms with E-state index < -0.39 is 0 Å². The lowest BCUT2D eigenvalue weighted by Crippen LogP contribution is -1.95. The minimum atomic E-state index is 0.180. The molecule has 132 valence electrons. The van der Waals surface area contributed by atoms with Gasteiger partial charge in [-0.05, 0) is 35.7 Å². The first kappa shape index (κ1) is 17.1. The van der Waals surface area contributed by atoms with Gasteiger partial charge in [0.2, 0.25) is 0 Å². The third kappa shape index (κ3) is 4.24. The van der Waals surface area contributed by atoms with Gasteiger partial charge in [-0.1, -0.05) is 28.5 Å². The summed E-state index contributed by atoms with van der Waals surface area (Å²) < 4.78 is 16.3. The molecule has 0 N–H and O–H groups in total. The van der Waals surface area contributed by atoms with Crippen LogP contribution in [0.2, 0.25) is 5.02 Å². The normalized spacial score (nSPS) is 11.0. The Bertz CT molecular complexity index is 970. The Morgan fingerprint density at radius 3 is 2.85 bits per heavy atom. The van der Waals surface area contributed by atoms with Crippen LogP contribution in [-0.4, -0.2) is 20.3 Å². The minimum absolute atomic E-state index is 0.180. The molecule has 1 aromatic carbocycles. The molecule has 7 nitrogen and oxygen atoms in total. The molecule has 0 saturated heterocycles. The lowest BCUT2D eigenvalue weighted by Gasteiger charge is -2.02. The third-order valence-corrected chi connectivity index (χ3v) is 4.93. The van der Waals surface area contributed by atoms with E-state index in [1.54, 1.807) is 35.6 Å². The van der Waals surface area contributed by atoms with Crippen LogP contribution in [0, 0.1) is 0 Å². The average Bonchev–Trinajstić information content (AvgIpc) is 3.40. The summed E-state index contributed by atoms with van der Waals surface area (Å²) in [6.07, 6.45) is 0. The first-order valence-corrected chi connectivity index (χ1v) is 9.75. The number of rotatable bonds is 7. The summed E-state index contributed by atoms with van der Waals surface area (Å²) in [6, 6.07) is 8.98. The first-order valence-electron chi connectivity index (χ1n) is 7.45. The number of benzene rings is 1. The highest BCUT2D eigenvalue weighted by atomic mass is 35.5. The Balaban J connectivity index is 1.30. The molecule has 3 heterocycles. The lowest BCUT2D eigenvalue weighted by atomic mass is 10.3. The molecule has 0 aliphatic carbocycles. The molecule has 0 spiro atoms. The standard InChI is InChI=1S/C16H11ClN4O3S2/c17-11-1-3-12(4-2-11)22-7-14-19-20-16(23-14)26-9-13-18-15(24-21-13)10-5-6-25-8-10/h1-6,8H,7,9H2. The molecule has 0 radical (unpaired) electrons. The van der Waals surface area contributed by atoms with Crippen molar-refractivity contribution in [3.05, 3.63) is 57.8 Å². The second-order valence-corrected chi connectivity index (χ2v) is 7.16. The van der Waals surface area contributed by atoms with Gasteiger partial charge in [-0.25, -0.2) is 0 Å². The number of thiophene rings is 1. The van der Waals surface area contributed by atoms with Gasteiger partial charge in [0.15, 0.2) is 12.4 Å². The van der Waals surface area contributed by atoms with E-state index in [0.29, 0.717) is 39.4 Å². The average molecular weight is 407 g/mol. The predicted molar refractivity (Wildman–Crippen MR) is 97.3 cm³/mol. The van der Waals surface area contributed by atoms with Gasteiger partial charge >= 0.3 is 0 Å². The molecule has 26 heavy (non-hydrogen) atoms. The molecule has 0 bridgehead atoms. The van der Waals surface area contributed by atoms with Crippen molar-refractivity contribution in [2.75, 3.05) is 0 Å². The van der Waals surface area contributed by atoms with Gasteiger partial charge in [0.25, 0.3) is 17.0 Å². The molecule has 0 aliphatic heterocycles. The van der Waals surface area contributed by atoms with E-state index in [1.165, 1.54) is 11.8 Å². The molecular weight excluding hydrogens is 396 g/mol. The maximum absolute atomic E-state index is 5.83. The SMILES string of the molecule is Clc1ccc(OCc2nnc(SCc3noc(-c4ccsc4)n3)o2)cc1. The molecule has 0 atom stereocenters. The van der Waals surface area contributed by atoms with Gasteiger partial charge in [-0.3, -0.25) is 0 Å². The predicted octanol–water partition coefficient (Wildman–Crippen LogP) is 4.71. The number of ether oxygens (including phenoxy) is 1. The highest BCUT2D eigenvalue weighted by molar-refractivity contribution is 7.98. The van der Waals surface area contributed by atoms with Gasteiger partial charge in [-0.15, -0.1) is 10.2 Å². The van der Waals surface area contributed by atoms with Crippen molar-refractivity contribution >= 4 is 34.7 Å². The summed E-state index contributed by atoms with van der Waals surface area (Å²) in [5.41, 5.74) is 0.915. The third-order valence-electron chi connectivity index (χ3n) is 3.19. The van der Waals surface area contributed by atoms with Gasteiger partial charge in [0.05, 0.1) is 11.3 Å².